The van der Waals surface area contributed by atoms with Crippen LogP contribution in [0.2, 0.25) is 0 Å². The first-order chi connectivity index (χ1) is 14.6. The fraction of sp³-hybridized carbons (Fsp3) is 0.227. The first-order valence-electron chi connectivity index (χ1n) is 9.36. The number of hydrogen-bond donors (Lipinski definition) is 1. The van der Waals surface area contributed by atoms with Crippen LogP contribution in [0, 0.1) is 28.4 Å². The molecule has 9 nitrogen and oxygen atoms in total. The third kappa shape index (κ3) is 4.15. The summed E-state index contributed by atoms with van der Waals surface area (Å²) in [6.45, 7) is 4.39. The van der Waals surface area contributed by atoms with Crippen LogP contribution >= 0.6 is 0 Å². The molecule has 0 saturated carbocycles. The number of rotatable bonds is 5. The van der Waals surface area contributed by atoms with E-state index in [1.807, 2.05) is 6.07 Å². The molecule has 1 aromatic carbocycles. The van der Waals surface area contributed by atoms with Gasteiger partial charge in [-0.2, -0.15) is 5.26 Å². The van der Waals surface area contributed by atoms with Crippen molar-refractivity contribution < 1.29 is 24.0 Å². The van der Waals surface area contributed by atoms with Crippen molar-refractivity contribution in [2.24, 2.45) is 0 Å². The molecule has 0 radical (unpaired) electrons. The van der Waals surface area contributed by atoms with Gasteiger partial charge in [-0.15, -0.1) is 0 Å². The van der Waals surface area contributed by atoms with Crippen molar-refractivity contribution in [3.8, 4) is 17.4 Å². The molecule has 2 aromatic rings. The maximum Gasteiger partial charge on any atom is 0.280 e. The van der Waals surface area contributed by atoms with E-state index >= 15 is 0 Å². The molecule has 31 heavy (non-hydrogen) atoms. The van der Waals surface area contributed by atoms with E-state index in [9.17, 15) is 30.1 Å². The lowest BCUT2D eigenvalue weighted by atomic mass is 9.94. The number of aliphatic hydroxyl groups is 1. The van der Waals surface area contributed by atoms with Gasteiger partial charge in [0.25, 0.3) is 17.5 Å². The number of furan rings is 1. The molecule has 1 unspecified atom stereocenters. The lowest BCUT2D eigenvalue weighted by Crippen LogP contribution is -2.45. The van der Waals surface area contributed by atoms with Crippen molar-refractivity contribution in [3.05, 3.63) is 68.5 Å². The largest absolute Gasteiger partial charge is 0.456 e. The molecule has 0 bridgehead atoms. The molecule has 1 atom stereocenters. The second-order valence-corrected chi connectivity index (χ2v) is 7.22. The Kier molecular flexibility index (Phi) is 5.86. The number of hydrogen-bond acceptors (Lipinski definition) is 7. The third-order valence-corrected chi connectivity index (χ3v) is 4.80. The number of carbonyl (C=O) groups is 2. The molecule has 158 valence electrons. The Morgan fingerprint density at radius 3 is 2.58 bits per heavy atom. The highest BCUT2D eigenvalue weighted by atomic mass is 16.6. The predicted octanol–water partition coefficient (Wildman–Crippen LogP) is 3.14. The highest BCUT2D eigenvalue weighted by Crippen LogP contribution is 2.33. The van der Waals surface area contributed by atoms with E-state index in [0.29, 0.717) is 0 Å². The summed E-state index contributed by atoms with van der Waals surface area (Å²) >= 11 is 0. The van der Waals surface area contributed by atoms with Crippen molar-refractivity contribution in [1.82, 2.24) is 4.90 Å². The summed E-state index contributed by atoms with van der Waals surface area (Å²) in [6, 6.07) is 9.62. The Bertz CT molecular complexity index is 1200. The molecule has 1 aromatic heterocycles. The van der Waals surface area contributed by atoms with Gasteiger partial charge >= 0.3 is 0 Å². The maximum absolute atomic E-state index is 12.9. The quantitative estimate of drug-likeness (QED) is 0.339. The summed E-state index contributed by atoms with van der Waals surface area (Å²) in [7, 11) is 0. The zero-order valence-corrected chi connectivity index (χ0v) is 17.1. The molecule has 2 amide bonds. The number of imide groups is 1. The Morgan fingerprint density at radius 2 is 1.97 bits per heavy atom. The molecular weight excluding hydrogens is 402 g/mol. The summed E-state index contributed by atoms with van der Waals surface area (Å²) in [4.78, 5) is 37.0. The van der Waals surface area contributed by atoms with Crippen LogP contribution in [0.4, 0.5) is 5.69 Å². The summed E-state index contributed by atoms with van der Waals surface area (Å²) in [5.74, 6) is -0.975. The number of nitro groups is 1. The van der Waals surface area contributed by atoms with E-state index in [4.69, 9.17) is 4.42 Å². The van der Waals surface area contributed by atoms with Gasteiger partial charge in [-0.1, -0.05) is 6.07 Å². The van der Waals surface area contributed by atoms with Crippen LogP contribution in [0.3, 0.4) is 0 Å². The minimum Gasteiger partial charge on any atom is -0.456 e. The zero-order valence-electron chi connectivity index (χ0n) is 17.1. The van der Waals surface area contributed by atoms with Gasteiger partial charge in [0.05, 0.1) is 23.1 Å². The fourth-order valence-electron chi connectivity index (χ4n) is 3.28. The minimum absolute atomic E-state index is 0.0658. The van der Waals surface area contributed by atoms with Gasteiger partial charge in [-0.05, 0) is 56.2 Å². The van der Waals surface area contributed by atoms with Gasteiger partial charge in [0.15, 0.2) is 0 Å². The molecule has 1 aliphatic rings. The molecular formula is C22H19N3O6. The van der Waals surface area contributed by atoms with E-state index < -0.39 is 22.8 Å². The smallest absolute Gasteiger partial charge is 0.280 e. The van der Waals surface area contributed by atoms with Gasteiger partial charge in [-0.25, -0.2) is 0 Å². The van der Waals surface area contributed by atoms with Crippen molar-refractivity contribution in [2.45, 2.75) is 26.9 Å². The van der Waals surface area contributed by atoms with E-state index in [-0.39, 0.29) is 46.0 Å². The first-order valence-corrected chi connectivity index (χ1v) is 9.36. The number of aryl methyl sites for hydroxylation is 1. The highest BCUT2D eigenvalue weighted by molar-refractivity contribution is 6.19. The lowest BCUT2D eigenvalue weighted by molar-refractivity contribution is -0.384. The third-order valence-electron chi connectivity index (χ3n) is 4.80. The van der Waals surface area contributed by atoms with Crippen LogP contribution < -0.4 is 0 Å². The first kappa shape index (κ1) is 21.7. The number of β-amino-alcohol motifs (C(OH)–C–C–N with tert-alkyl or cyclic N) is 1. The summed E-state index contributed by atoms with van der Waals surface area (Å²) in [6.07, 6.45) is 0.407. The summed E-state index contributed by atoms with van der Waals surface area (Å²) in [5.41, 5.74) is 0.955. The molecule has 2 heterocycles. The van der Waals surface area contributed by atoms with Gasteiger partial charge in [-0.3, -0.25) is 24.6 Å². The molecule has 3 rings (SSSR count). The Labute approximate surface area is 177 Å². The van der Waals surface area contributed by atoms with Crippen LogP contribution in [0.25, 0.3) is 17.4 Å². The van der Waals surface area contributed by atoms with Crippen LogP contribution in [0.15, 0.2) is 51.5 Å². The van der Waals surface area contributed by atoms with Crippen LogP contribution in [0.1, 0.15) is 25.2 Å². The van der Waals surface area contributed by atoms with Crippen LogP contribution in [0.5, 0.6) is 0 Å². The predicted molar refractivity (Wildman–Crippen MR) is 110 cm³/mol. The SMILES string of the molecule is CC1=C(C#N)C(=O)N(CC(C)O)C(=O)/C1=C/c1ccc(-c2ccc(C)cc2[N+](=O)[O-])o1. The second-order valence-electron chi connectivity index (χ2n) is 7.22. The molecule has 1 aliphatic heterocycles. The van der Waals surface area contributed by atoms with Crippen molar-refractivity contribution in [2.75, 3.05) is 6.54 Å². The molecule has 0 aliphatic carbocycles. The second kappa shape index (κ2) is 8.38. The number of nitrogens with zero attached hydrogens (tertiary/aromatic N) is 3. The van der Waals surface area contributed by atoms with Crippen LogP contribution in [-0.4, -0.2) is 39.4 Å². The maximum atomic E-state index is 12.9. The van der Waals surface area contributed by atoms with E-state index in [1.54, 1.807) is 25.1 Å². The Hall–Kier alpha value is -4.03. The topological polar surface area (TPSA) is 138 Å². The van der Waals surface area contributed by atoms with Crippen molar-refractivity contribution in [3.63, 3.8) is 0 Å². The highest BCUT2D eigenvalue weighted by Gasteiger charge is 2.36. The van der Waals surface area contributed by atoms with Crippen molar-refractivity contribution >= 4 is 23.6 Å². The number of carbonyl (C=O) groups excluding carboxylic acids is 2. The standard InChI is InChI=1S/C22H19N3O6/c1-12-4-6-16(19(8-12)25(29)30)20-7-5-15(31-20)9-17-14(3)18(10-23)22(28)24(21(17)27)11-13(2)26/h4-9,13,26H,11H2,1-3H3/b17-9+. The Balaban J connectivity index is 2.07. The van der Waals surface area contributed by atoms with Crippen molar-refractivity contribution in [1.29, 1.82) is 5.26 Å². The number of nitro benzene ring substituents is 1. The fourth-order valence-corrected chi connectivity index (χ4v) is 3.28. The van der Waals surface area contributed by atoms with Crippen LogP contribution in [-0.2, 0) is 9.59 Å². The van der Waals surface area contributed by atoms with Gasteiger partial charge < -0.3 is 9.52 Å². The Morgan fingerprint density at radius 1 is 1.26 bits per heavy atom. The number of aliphatic hydroxyl groups excluding tert-OH is 1. The molecule has 0 fully saturated rings. The molecule has 0 spiro atoms. The van der Waals surface area contributed by atoms with Gasteiger partial charge in [0.1, 0.15) is 23.2 Å². The number of benzene rings is 1. The van der Waals surface area contributed by atoms with E-state index in [1.165, 1.54) is 32.1 Å². The molecule has 1 N–H and O–H groups in total. The minimum atomic E-state index is -0.968. The number of amides is 2. The van der Waals surface area contributed by atoms with Gasteiger partial charge in [0.2, 0.25) is 0 Å². The molecule has 0 saturated heterocycles. The van der Waals surface area contributed by atoms with Gasteiger partial charge in [0, 0.05) is 11.6 Å². The normalized spacial score (nSPS) is 16.6. The van der Waals surface area contributed by atoms with E-state index in [0.717, 1.165) is 10.5 Å². The average Bonchev–Trinajstić information content (AvgIpc) is 3.17. The molecule has 9 heteroatoms. The monoisotopic (exact) mass is 421 g/mol. The average molecular weight is 421 g/mol. The zero-order chi connectivity index (χ0) is 22.9. The summed E-state index contributed by atoms with van der Waals surface area (Å²) < 4.78 is 5.72. The number of nitriles is 1. The van der Waals surface area contributed by atoms with E-state index in [2.05, 4.69) is 0 Å². The summed E-state index contributed by atoms with van der Waals surface area (Å²) in [5, 5.41) is 30.4. The lowest BCUT2D eigenvalue weighted by Gasteiger charge is -2.28.